The summed E-state index contributed by atoms with van der Waals surface area (Å²) < 4.78 is 10.9. The van der Waals surface area contributed by atoms with Crippen LogP contribution in [0.3, 0.4) is 0 Å². The molecule has 0 unspecified atom stereocenters. The van der Waals surface area contributed by atoms with Crippen LogP contribution in [0.4, 0.5) is 11.5 Å². The summed E-state index contributed by atoms with van der Waals surface area (Å²) >= 11 is 0. The van der Waals surface area contributed by atoms with E-state index in [-0.39, 0.29) is 5.91 Å². The van der Waals surface area contributed by atoms with Crippen molar-refractivity contribution in [2.75, 3.05) is 43.1 Å². The predicted molar refractivity (Wildman–Crippen MR) is 108 cm³/mol. The summed E-state index contributed by atoms with van der Waals surface area (Å²) in [6, 6.07) is 14.8. The lowest BCUT2D eigenvalue weighted by Crippen LogP contribution is -2.38. The summed E-state index contributed by atoms with van der Waals surface area (Å²) in [6.07, 6.45) is 0. The van der Waals surface area contributed by atoms with Crippen molar-refractivity contribution >= 4 is 28.4 Å². The first-order valence-corrected chi connectivity index (χ1v) is 9.38. The number of hydrogen-bond donors (Lipinski definition) is 1. The number of aromatic nitrogens is 2. The van der Waals surface area contributed by atoms with Crippen LogP contribution in [0.2, 0.25) is 0 Å². The molecule has 3 aromatic rings. The average molecular weight is 378 g/mol. The molecule has 1 aliphatic rings. The van der Waals surface area contributed by atoms with Crippen LogP contribution in [0.15, 0.2) is 48.5 Å². The van der Waals surface area contributed by atoms with Gasteiger partial charge in [-0.1, -0.05) is 12.1 Å². The first-order valence-electron chi connectivity index (χ1n) is 9.38. The highest BCUT2D eigenvalue weighted by atomic mass is 16.5. The van der Waals surface area contributed by atoms with Gasteiger partial charge in [0.1, 0.15) is 5.75 Å². The Hall–Kier alpha value is -3.19. The van der Waals surface area contributed by atoms with E-state index in [9.17, 15) is 4.79 Å². The Morgan fingerprint density at radius 3 is 2.43 bits per heavy atom. The number of nitrogens with zero attached hydrogens (tertiary/aromatic N) is 3. The Bertz CT molecular complexity index is 969. The molecule has 1 amide bonds. The third-order valence-electron chi connectivity index (χ3n) is 4.50. The van der Waals surface area contributed by atoms with E-state index in [4.69, 9.17) is 14.5 Å². The number of carbonyl (C=O) groups excluding carboxylic acids is 1. The summed E-state index contributed by atoms with van der Waals surface area (Å²) in [5, 5.41) is 2.92. The molecule has 144 valence electrons. The third-order valence-corrected chi connectivity index (χ3v) is 4.50. The molecule has 0 atom stereocenters. The first kappa shape index (κ1) is 18.2. The van der Waals surface area contributed by atoms with Crippen molar-refractivity contribution in [3.05, 3.63) is 54.2 Å². The van der Waals surface area contributed by atoms with Gasteiger partial charge in [-0.3, -0.25) is 4.79 Å². The highest BCUT2D eigenvalue weighted by Gasteiger charge is 2.23. The largest absolute Gasteiger partial charge is 0.494 e. The van der Waals surface area contributed by atoms with Crippen LogP contribution < -0.4 is 15.0 Å². The molecule has 7 heteroatoms. The Labute approximate surface area is 163 Å². The van der Waals surface area contributed by atoms with Crippen molar-refractivity contribution in [2.45, 2.75) is 6.92 Å². The molecule has 0 aliphatic carbocycles. The highest BCUT2D eigenvalue weighted by molar-refractivity contribution is 6.07. The quantitative estimate of drug-likeness (QED) is 0.735. The lowest BCUT2D eigenvalue weighted by Gasteiger charge is -2.29. The molecule has 4 rings (SSSR count). The Kier molecular flexibility index (Phi) is 5.34. The maximum absolute atomic E-state index is 13.0. The van der Waals surface area contributed by atoms with Gasteiger partial charge >= 0.3 is 0 Å². The zero-order valence-corrected chi connectivity index (χ0v) is 15.7. The van der Waals surface area contributed by atoms with Crippen molar-refractivity contribution in [2.24, 2.45) is 0 Å². The zero-order valence-electron chi connectivity index (χ0n) is 15.7. The lowest BCUT2D eigenvalue weighted by atomic mass is 10.2. The fourth-order valence-electron chi connectivity index (χ4n) is 3.13. The Morgan fingerprint density at radius 2 is 1.75 bits per heavy atom. The monoisotopic (exact) mass is 378 g/mol. The van der Waals surface area contributed by atoms with E-state index in [1.54, 1.807) is 0 Å². The molecule has 1 aliphatic heterocycles. The Morgan fingerprint density at radius 1 is 1.07 bits per heavy atom. The van der Waals surface area contributed by atoms with Crippen LogP contribution in [0.25, 0.3) is 11.0 Å². The van der Waals surface area contributed by atoms with Crippen LogP contribution in [-0.2, 0) is 4.74 Å². The van der Waals surface area contributed by atoms with Gasteiger partial charge < -0.3 is 19.7 Å². The van der Waals surface area contributed by atoms with E-state index < -0.39 is 0 Å². The maximum atomic E-state index is 13.0. The van der Waals surface area contributed by atoms with E-state index in [0.717, 1.165) is 11.3 Å². The van der Waals surface area contributed by atoms with Gasteiger partial charge in [-0.2, -0.15) is 0 Å². The second kappa shape index (κ2) is 8.22. The molecule has 28 heavy (non-hydrogen) atoms. The minimum atomic E-state index is -0.288. The number of morpholine rings is 1. The van der Waals surface area contributed by atoms with Crippen LogP contribution in [-0.4, -0.2) is 48.8 Å². The number of nitrogens with one attached hydrogen (secondary N) is 1. The molecule has 1 aromatic heterocycles. The maximum Gasteiger partial charge on any atom is 0.278 e. The minimum absolute atomic E-state index is 0.288. The summed E-state index contributed by atoms with van der Waals surface area (Å²) in [7, 11) is 0. The molecule has 0 saturated carbocycles. The van der Waals surface area contributed by atoms with Crippen molar-refractivity contribution in [1.29, 1.82) is 0 Å². The van der Waals surface area contributed by atoms with E-state index in [1.807, 2.05) is 55.5 Å². The number of para-hydroxylation sites is 2. The fraction of sp³-hybridized carbons (Fsp3) is 0.286. The van der Waals surface area contributed by atoms with E-state index >= 15 is 0 Å². The average Bonchev–Trinajstić information content (AvgIpc) is 2.75. The summed E-state index contributed by atoms with van der Waals surface area (Å²) in [5.74, 6) is 1.06. The molecular formula is C21H22N4O3. The number of ether oxygens (including phenoxy) is 2. The second-order valence-electron chi connectivity index (χ2n) is 6.40. The summed E-state index contributed by atoms with van der Waals surface area (Å²) in [4.78, 5) is 24.4. The van der Waals surface area contributed by atoms with Gasteiger partial charge in [0.25, 0.3) is 5.91 Å². The highest BCUT2D eigenvalue weighted by Crippen LogP contribution is 2.23. The topological polar surface area (TPSA) is 76.6 Å². The van der Waals surface area contributed by atoms with Crippen molar-refractivity contribution < 1.29 is 14.3 Å². The van der Waals surface area contributed by atoms with Crippen molar-refractivity contribution in [3.63, 3.8) is 0 Å². The van der Waals surface area contributed by atoms with Crippen LogP contribution in [0.1, 0.15) is 17.4 Å². The van der Waals surface area contributed by atoms with E-state index in [1.165, 1.54) is 0 Å². The number of carbonyl (C=O) groups is 1. The molecular weight excluding hydrogens is 356 g/mol. The van der Waals surface area contributed by atoms with Crippen LogP contribution in [0, 0.1) is 0 Å². The SMILES string of the molecule is CCOc1ccc(NC(=O)c2nc3ccccc3nc2N2CCOCC2)cc1. The number of amides is 1. The van der Waals surface area contributed by atoms with Crippen molar-refractivity contribution in [1.82, 2.24) is 9.97 Å². The van der Waals surface area contributed by atoms with E-state index in [0.29, 0.717) is 55.6 Å². The molecule has 2 heterocycles. The predicted octanol–water partition coefficient (Wildman–Crippen LogP) is 3.12. The number of anilines is 2. The Balaban J connectivity index is 1.66. The molecule has 0 radical (unpaired) electrons. The van der Waals surface area contributed by atoms with E-state index in [2.05, 4.69) is 15.2 Å². The third kappa shape index (κ3) is 3.89. The van der Waals surface area contributed by atoms with Crippen LogP contribution >= 0.6 is 0 Å². The molecule has 0 spiro atoms. The van der Waals surface area contributed by atoms with Gasteiger partial charge in [-0.05, 0) is 43.3 Å². The standard InChI is InChI=1S/C21H22N4O3/c1-2-28-16-9-7-15(8-10-16)22-21(26)19-20(25-11-13-27-14-12-25)24-18-6-4-3-5-17(18)23-19/h3-10H,2,11-14H2,1H3,(H,22,26). The molecule has 1 N–H and O–H groups in total. The van der Waals surface area contributed by atoms with Gasteiger partial charge in [0.05, 0.1) is 30.9 Å². The normalized spacial score (nSPS) is 14.1. The van der Waals surface area contributed by atoms with Gasteiger partial charge in [0, 0.05) is 18.8 Å². The summed E-state index contributed by atoms with van der Waals surface area (Å²) in [5.41, 5.74) is 2.45. The first-order chi connectivity index (χ1) is 13.7. The number of hydrogen-bond acceptors (Lipinski definition) is 6. The number of rotatable bonds is 5. The molecule has 2 aromatic carbocycles. The molecule has 1 saturated heterocycles. The van der Waals surface area contributed by atoms with Gasteiger partial charge in [0.2, 0.25) is 0 Å². The molecule has 0 bridgehead atoms. The summed E-state index contributed by atoms with van der Waals surface area (Å²) in [6.45, 7) is 5.10. The molecule has 1 fully saturated rings. The number of benzene rings is 2. The van der Waals surface area contributed by atoms with Crippen molar-refractivity contribution in [3.8, 4) is 5.75 Å². The van der Waals surface area contributed by atoms with Gasteiger partial charge in [0.15, 0.2) is 11.5 Å². The number of fused-ring (bicyclic) bond motifs is 1. The van der Waals surface area contributed by atoms with Gasteiger partial charge in [-0.15, -0.1) is 0 Å². The second-order valence-corrected chi connectivity index (χ2v) is 6.40. The molecule has 7 nitrogen and oxygen atoms in total. The fourth-order valence-corrected chi connectivity index (χ4v) is 3.13. The zero-order chi connectivity index (χ0) is 19.3. The smallest absolute Gasteiger partial charge is 0.278 e. The van der Waals surface area contributed by atoms with Crippen LogP contribution in [0.5, 0.6) is 5.75 Å². The lowest BCUT2D eigenvalue weighted by molar-refractivity contribution is 0.102. The minimum Gasteiger partial charge on any atom is -0.494 e. The van der Waals surface area contributed by atoms with Gasteiger partial charge in [-0.25, -0.2) is 9.97 Å².